The first-order chi connectivity index (χ1) is 7.75. The van der Waals surface area contributed by atoms with Crippen molar-refractivity contribution in [1.29, 1.82) is 0 Å². The minimum atomic E-state index is -0.472. The van der Waals surface area contributed by atoms with E-state index in [1.54, 1.807) is 0 Å². The smallest absolute Gasteiger partial charge is 0.278 e. The van der Waals surface area contributed by atoms with Crippen LogP contribution in [0.25, 0.3) is 0 Å². The molecule has 0 aliphatic carbocycles. The van der Waals surface area contributed by atoms with E-state index in [1.807, 2.05) is 0 Å². The highest BCUT2D eigenvalue weighted by molar-refractivity contribution is 6.01. The molecule has 2 heterocycles. The van der Waals surface area contributed by atoms with Crippen molar-refractivity contribution in [1.82, 2.24) is 25.1 Å². The molecule has 2 aromatic heterocycles. The molecule has 0 spiro atoms. The first kappa shape index (κ1) is 9.90. The molecule has 0 unspecified atom stereocenters. The Hall–Kier alpha value is -2.64. The predicted octanol–water partition coefficient (Wildman–Crippen LogP) is -0.504. The standard InChI is InChI=1S/C8H7N7O/c9-6-4-11-5(3-12-6)7(16)14-8-10-1-2-13-15-8/h1-4H,(H2,9,12)(H,10,14,15,16). The van der Waals surface area contributed by atoms with Crippen LogP contribution in [0.5, 0.6) is 0 Å². The number of amides is 1. The second kappa shape index (κ2) is 4.26. The Kier molecular flexibility index (Phi) is 2.63. The van der Waals surface area contributed by atoms with Crippen LogP contribution in [0.1, 0.15) is 10.5 Å². The van der Waals surface area contributed by atoms with Gasteiger partial charge in [0.05, 0.1) is 24.8 Å². The van der Waals surface area contributed by atoms with Crippen molar-refractivity contribution in [2.45, 2.75) is 0 Å². The number of nitrogen functional groups attached to an aromatic ring is 1. The number of carbonyl (C=O) groups excluding carboxylic acids is 1. The Labute approximate surface area is 90.0 Å². The average molecular weight is 217 g/mol. The Balaban J connectivity index is 2.12. The molecule has 80 valence electrons. The zero-order chi connectivity index (χ0) is 11.4. The number of rotatable bonds is 2. The Morgan fingerprint density at radius 2 is 2.06 bits per heavy atom. The van der Waals surface area contributed by atoms with Gasteiger partial charge in [-0.25, -0.2) is 15.0 Å². The van der Waals surface area contributed by atoms with E-state index in [9.17, 15) is 4.79 Å². The number of aromatic nitrogens is 5. The monoisotopic (exact) mass is 217 g/mol. The molecule has 0 fully saturated rings. The number of nitrogens with two attached hydrogens (primary N) is 1. The lowest BCUT2D eigenvalue weighted by Crippen LogP contribution is -2.16. The molecule has 2 aromatic rings. The molecule has 0 saturated carbocycles. The molecule has 0 aromatic carbocycles. The molecule has 1 amide bonds. The van der Waals surface area contributed by atoms with Gasteiger partial charge in [0, 0.05) is 0 Å². The summed E-state index contributed by atoms with van der Waals surface area (Å²) >= 11 is 0. The first-order valence-corrected chi connectivity index (χ1v) is 4.28. The Bertz CT molecular complexity index is 483. The maximum absolute atomic E-state index is 11.6. The van der Waals surface area contributed by atoms with E-state index in [0.29, 0.717) is 0 Å². The fourth-order valence-corrected chi connectivity index (χ4v) is 0.926. The van der Waals surface area contributed by atoms with E-state index in [4.69, 9.17) is 5.73 Å². The van der Waals surface area contributed by atoms with Crippen LogP contribution in [-0.2, 0) is 0 Å². The van der Waals surface area contributed by atoms with Crippen LogP contribution in [0.4, 0.5) is 11.8 Å². The summed E-state index contributed by atoms with van der Waals surface area (Å²) in [4.78, 5) is 22.9. The molecule has 8 heteroatoms. The van der Waals surface area contributed by atoms with E-state index >= 15 is 0 Å². The summed E-state index contributed by atoms with van der Waals surface area (Å²) < 4.78 is 0. The lowest BCUT2D eigenvalue weighted by molar-refractivity contribution is 0.102. The lowest BCUT2D eigenvalue weighted by atomic mass is 10.4. The van der Waals surface area contributed by atoms with E-state index in [1.165, 1.54) is 24.8 Å². The molecule has 2 rings (SSSR count). The van der Waals surface area contributed by atoms with Gasteiger partial charge in [-0.1, -0.05) is 0 Å². The van der Waals surface area contributed by atoms with Gasteiger partial charge in [-0.05, 0) is 0 Å². The summed E-state index contributed by atoms with van der Waals surface area (Å²) in [5, 5.41) is 9.57. The van der Waals surface area contributed by atoms with Gasteiger partial charge in [0.2, 0.25) is 5.95 Å². The highest BCUT2D eigenvalue weighted by Crippen LogP contribution is 2.00. The van der Waals surface area contributed by atoms with E-state index in [2.05, 4.69) is 30.5 Å². The molecule has 0 atom stereocenters. The highest BCUT2D eigenvalue weighted by Gasteiger charge is 2.09. The number of hydrogen-bond acceptors (Lipinski definition) is 7. The minimum Gasteiger partial charge on any atom is -0.382 e. The van der Waals surface area contributed by atoms with E-state index in [-0.39, 0.29) is 17.5 Å². The van der Waals surface area contributed by atoms with E-state index in [0.717, 1.165) is 0 Å². The summed E-state index contributed by atoms with van der Waals surface area (Å²) in [6.07, 6.45) is 5.37. The van der Waals surface area contributed by atoms with Crippen LogP contribution in [0.3, 0.4) is 0 Å². The number of anilines is 2. The molecule has 0 radical (unpaired) electrons. The van der Waals surface area contributed by atoms with Gasteiger partial charge in [0.1, 0.15) is 11.5 Å². The van der Waals surface area contributed by atoms with Gasteiger partial charge in [-0.3, -0.25) is 10.1 Å². The van der Waals surface area contributed by atoms with Gasteiger partial charge in [0.25, 0.3) is 5.91 Å². The van der Waals surface area contributed by atoms with Crippen LogP contribution >= 0.6 is 0 Å². The third-order valence-corrected chi connectivity index (χ3v) is 1.61. The van der Waals surface area contributed by atoms with Crippen molar-refractivity contribution in [2.24, 2.45) is 0 Å². The summed E-state index contributed by atoms with van der Waals surface area (Å²) in [6, 6.07) is 0. The summed E-state index contributed by atoms with van der Waals surface area (Å²) in [5.41, 5.74) is 5.47. The van der Waals surface area contributed by atoms with E-state index < -0.39 is 5.91 Å². The fourth-order valence-electron chi connectivity index (χ4n) is 0.926. The number of nitrogens with zero attached hydrogens (tertiary/aromatic N) is 5. The van der Waals surface area contributed by atoms with Gasteiger partial charge in [-0.15, -0.1) is 5.10 Å². The zero-order valence-corrected chi connectivity index (χ0v) is 8.03. The van der Waals surface area contributed by atoms with Crippen molar-refractivity contribution in [3.05, 3.63) is 30.5 Å². The molecular formula is C8H7N7O. The van der Waals surface area contributed by atoms with Crippen LogP contribution < -0.4 is 11.1 Å². The quantitative estimate of drug-likeness (QED) is 0.695. The van der Waals surface area contributed by atoms with Crippen LogP contribution in [0.2, 0.25) is 0 Å². The van der Waals surface area contributed by atoms with Crippen molar-refractivity contribution in [3.8, 4) is 0 Å². The third-order valence-electron chi connectivity index (χ3n) is 1.61. The Morgan fingerprint density at radius 3 is 2.69 bits per heavy atom. The highest BCUT2D eigenvalue weighted by atomic mass is 16.2. The first-order valence-electron chi connectivity index (χ1n) is 4.28. The fraction of sp³-hybridized carbons (Fsp3) is 0. The van der Waals surface area contributed by atoms with Crippen molar-refractivity contribution in [3.63, 3.8) is 0 Å². The normalized spacial score (nSPS) is 9.75. The molecular weight excluding hydrogens is 210 g/mol. The van der Waals surface area contributed by atoms with Crippen molar-refractivity contribution >= 4 is 17.7 Å². The largest absolute Gasteiger partial charge is 0.382 e. The van der Waals surface area contributed by atoms with Gasteiger partial charge < -0.3 is 5.73 Å². The lowest BCUT2D eigenvalue weighted by Gasteiger charge is -2.00. The SMILES string of the molecule is Nc1cnc(C(=O)Nc2nccnn2)cn1. The molecule has 3 N–H and O–H groups in total. The zero-order valence-electron chi connectivity index (χ0n) is 8.03. The van der Waals surface area contributed by atoms with Gasteiger partial charge >= 0.3 is 0 Å². The second-order valence-electron chi connectivity index (χ2n) is 2.75. The molecule has 0 bridgehead atoms. The predicted molar refractivity (Wildman–Crippen MR) is 54.2 cm³/mol. The number of carbonyl (C=O) groups is 1. The van der Waals surface area contributed by atoms with Crippen LogP contribution in [0.15, 0.2) is 24.8 Å². The van der Waals surface area contributed by atoms with Gasteiger partial charge in [-0.2, -0.15) is 5.10 Å². The third kappa shape index (κ3) is 2.23. The topological polar surface area (TPSA) is 120 Å². The average Bonchev–Trinajstić information content (AvgIpc) is 2.31. The number of nitrogens with one attached hydrogen (secondary N) is 1. The summed E-state index contributed by atoms with van der Waals surface area (Å²) in [7, 11) is 0. The Morgan fingerprint density at radius 1 is 1.19 bits per heavy atom. The molecule has 0 aliphatic heterocycles. The minimum absolute atomic E-state index is 0.103. The molecule has 16 heavy (non-hydrogen) atoms. The maximum atomic E-state index is 11.6. The molecule has 0 aliphatic rings. The number of hydrogen-bond donors (Lipinski definition) is 2. The maximum Gasteiger partial charge on any atom is 0.278 e. The molecule has 0 saturated heterocycles. The summed E-state index contributed by atoms with van der Waals surface area (Å²) in [5.74, 6) is -0.124. The second-order valence-corrected chi connectivity index (χ2v) is 2.75. The van der Waals surface area contributed by atoms with Crippen LogP contribution in [-0.4, -0.2) is 31.1 Å². The van der Waals surface area contributed by atoms with Gasteiger partial charge in [0.15, 0.2) is 0 Å². The molecule has 8 nitrogen and oxygen atoms in total. The van der Waals surface area contributed by atoms with Crippen molar-refractivity contribution in [2.75, 3.05) is 11.1 Å². The summed E-state index contributed by atoms with van der Waals surface area (Å²) in [6.45, 7) is 0. The van der Waals surface area contributed by atoms with Crippen LogP contribution in [0, 0.1) is 0 Å². The van der Waals surface area contributed by atoms with Crippen molar-refractivity contribution < 1.29 is 4.79 Å².